The van der Waals surface area contributed by atoms with Crippen molar-refractivity contribution in [3.05, 3.63) is 71.8 Å². The van der Waals surface area contributed by atoms with Crippen LogP contribution in [0.1, 0.15) is 49.7 Å². The van der Waals surface area contributed by atoms with Gasteiger partial charge in [-0.05, 0) is 0 Å². The minimum atomic E-state index is -0.446. The van der Waals surface area contributed by atoms with Crippen LogP contribution in [0.4, 0.5) is 0 Å². The second-order valence-corrected chi connectivity index (χ2v) is 4.58. The largest absolute Gasteiger partial charge is 0.390 e. The summed E-state index contributed by atoms with van der Waals surface area (Å²) in [7, 11) is 0. The zero-order valence-electron chi connectivity index (χ0n) is 16.0. The third kappa shape index (κ3) is 17.1. The van der Waals surface area contributed by atoms with E-state index in [-0.39, 0.29) is 77.0 Å². The first kappa shape index (κ1) is 34.5. The van der Waals surface area contributed by atoms with Crippen molar-refractivity contribution in [3.8, 4) is 0 Å². The summed E-state index contributed by atoms with van der Waals surface area (Å²) in [6.45, 7) is 8.00. The molecule has 1 unspecified atom stereocenters. The molecule has 2 aromatic carbocycles. The quantitative estimate of drug-likeness (QED) is 0.286. The number of hydrogen-bond donors (Lipinski definition) is 3. The molecule has 1 atom stereocenters. The van der Waals surface area contributed by atoms with Crippen LogP contribution in [0.5, 0.6) is 0 Å². The maximum Gasteiger partial charge on any atom is 0.148 e. The standard InChI is InChI=1S/C8H9OS.C8H7OS.2C2H6.2Y/c2*9-8(6-10)7-4-2-1-3-5-7;2*1-2;;/h2-5,8-10H,6H2;2-5,10H,6H2;2*1-2H3;;/q2*-1;;;;. The number of carbonyl (C=O) groups is 1. The molecule has 2 radical (unpaired) electrons. The topological polar surface area (TPSA) is 37.3 Å². The van der Waals surface area contributed by atoms with Gasteiger partial charge in [0, 0.05) is 71.2 Å². The van der Waals surface area contributed by atoms with Gasteiger partial charge >= 0.3 is 0 Å². The Balaban J connectivity index is -0.000000147. The molecule has 140 valence electrons. The van der Waals surface area contributed by atoms with E-state index in [1.807, 2.05) is 39.8 Å². The fraction of sp³-hybridized carbons (Fsp3) is 0.350. The third-order valence-corrected chi connectivity index (χ3v) is 3.12. The van der Waals surface area contributed by atoms with Crippen LogP contribution < -0.4 is 0 Å². The van der Waals surface area contributed by atoms with Gasteiger partial charge in [0.1, 0.15) is 5.78 Å². The van der Waals surface area contributed by atoms with Gasteiger partial charge < -0.3 is 5.11 Å². The molecule has 0 amide bonds. The SMILES string of the molecule is CC.CC.O=C(CS)c1cc[c-]cc1.OC(CS)c1cc[c-]cc1.[Y].[Y]. The summed E-state index contributed by atoms with van der Waals surface area (Å²) in [5.74, 6) is 0.783. The average Bonchev–Trinajstić information content (AvgIpc) is 2.71. The summed E-state index contributed by atoms with van der Waals surface area (Å²) in [6, 6.07) is 19.8. The monoisotopic (exact) mass is 542 g/mol. The first-order valence-electron chi connectivity index (χ1n) is 8.04. The minimum absolute atomic E-state index is 0. The summed E-state index contributed by atoms with van der Waals surface area (Å²) in [6.07, 6.45) is -0.446. The van der Waals surface area contributed by atoms with Crippen LogP contribution in [0.3, 0.4) is 0 Å². The number of aliphatic hydroxyl groups is 1. The Morgan fingerprint density at radius 2 is 1.31 bits per heavy atom. The Kier molecular flexibility index (Phi) is 34.5. The smallest absolute Gasteiger partial charge is 0.148 e. The van der Waals surface area contributed by atoms with Crippen LogP contribution in [0, 0.1) is 12.1 Å². The van der Waals surface area contributed by atoms with E-state index in [0.29, 0.717) is 11.3 Å². The first-order chi connectivity index (χ1) is 11.7. The summed E-state index contributed by atoms with van der Waals surface area (Å²) >= 11 is 7.83. The molecule has 6 heteroatoms. The molecule has 2 rings (SSSR count). The van der Waals surface area contributed by atoms with Crippen LogP contribution in [0.2, 0.25) is 0 Å². The van der Waals surface area contributed by atoms with Crippen LogP contribution >= 0.6 is 25.3 Å². The molecule has 0 aliphatic carbocycles. The number of ketones is 1. The molecule has 0 spiro atoms. The van der Waals surface area contributed by atoms with Crippen LogP contribution in [-0.4, -0.2) is 22.4 Å². The van der Waals surface area contributed by atoms with Crippen LogP contribution in [-0.2, 0) is 65.4 Å². The van der Waals surface area contributed by atoms with Gasteiger partial charge in [0.2, 0.25) is 0 Å². The molecule has 2 aromatic rings. The van der Waals surface area contributed by atoms with Gasteiger partial charge in [-0.15, -0.1) is 5.56 Å². The number of Topliss-reactive ketones (excluding diaryl/α,β-unsaturated/α-hetero) is 1. The van der Waals surface area contributed by atoms with Crippen molar-refractivity contribution in [1.82, 2.24) is 0 Å². The summed E-state index contributed by atoms with van der Waals surface area (Å²) in [4.78, 5) is 10.9. The molecule has 0 saturated carbocycles. The van der Waals surface area contributed by atoms with Crippen molar-refractivity contribution in [3.63, 3.8) is 0 Å². The second-order valence-electron chi connectivity index (χ2n) is 3.90. The number of thiol groups is 2. The normalized spacial score (nSPS) is 9.04. The van der Waals surface area contributed by atoms with E-state index < -0.39 is 6.10 Å². The molecule has 26 heavy (non-hydrogen) atoms. The van der Waals surface area contributed by atoms with E-state index in [4.69, 9.17) is 0 Å². The maximum absolute atomic E-state index is 10.9. The molecule has 0 aliphatic heterocycles. The van der Waals surface area contributed by atoms with Crippen molar-refractivity contribution in [2.45, 2.75) is 33.8 Å². The van der Waals surface area contributed by atoms with Crippen molar-refractivity contribution < 1.29 is 75.3 Å². The molecule has 0 bridgehead atoms. The van der Waals surface area contributed by atoms with E-state index in [0.717, 1.165) is 5.56 Å². The molecule has 0 fully saturated rings. The Bertz CT molecular complexity index is 512. The van der Waals surface area contributed by atoms with E-state index in [1.54, 1.807) is 36.4 Å². The van der Waals surface area contributed by atoms with Gasteiger partial charge in [0.25, 0.3) is 0 Å². The maximum atomic E-state index is 10.9. The molecule has 0 aliphatic rings. The van der Waals surface area contributed by atoms with Crippen molar-refractivity contribution in [2.24, 2.45) is 0 Å². The van der Waals surface area contributed by atoms with Gasteiger partial charge in [-0.1, -0.05) is 33.3 Å². The van der Waals surface area contributed by atoms with Gasteiger partial charge in [0.05, 0.1) is 11.9 Å². The summed E-state index contributed by atoms with van der Waals surface area (Å²) in [5.41, 5.74) is 1.60. The van der Waals surface area contributed by atoms with E-state index in [9.17, 15) is 9.90 Å². The molecule has 1 N–H and O–H groups in total. The number of aliphatic hydroxyl groups excluding tert-OH is 1. The molecule has 0 saturated heterocycles. The van der Waals surface area contributed by atoms with E-state index >= 15 is 0 Å². The predicted octanol–water partition coefficient (Wildman–Crippen LogP) is 5.10. The van der Waals surface area contributed by atoms with E-state index in [1.165, 1.54) is 0 Å². The zero-order chi connectivity index (χ0) is 18.8. The number of rotatable bonds is 4. The van der Waals surface area contributed by atoms with Gasteiger partial charge in [0.15, 0.2) is 0 Å². The van der Waals surface area contributed by atoms with Crippen molar-refractivity contribution in [2.75, 3.05) is 11.5 Å². The van der Waals surface area contributed by atoms with Gasteiger partial charge in [-0.2, -0.15) is 85.9 Å². The number of hydrogen-bond acceptors (Lipinski definition) is 4. The van der Waals surface area contributed by atoms with Crippen LogP contribution in [0.25, 0.3) is 0 Å². The molecular weight excluding hydrogens is 514 g/mol. The van der Waals surface area contributed by atoms with Crippen LogP contribution in [0.15, 0.2) is 48.5 Å². The van der Waals surface area contributed by atoms with Crippen molar-refractivity contribution in [1.29, 1.82) is 0 Å². The molecular formula is C20H28O2S2Y2-2. The average molecular weight is 542 g/mol. The molecule has 0 heterocycles. The van der Waals surface area contributed by atoms with Gasteiger partial charge in [-0.25, -0.2) is 0 Å². The molecule has 2 nitrogen and oxygen atoms in total. The van der Waals surface area contributed by atoms with Crippen molar-refractivity contribution >= 4 is 31.0 Å². The zero-order valence-corrected chi connectivity index (χ0v) is 23.5. The Morgan fingerprint density at radius 1 is 0.923 bits per heavy atom. The molecule has 0 aromatic heterocycles. The summed E-state index contributed by atoms with van der Waals surface area (Å²) < 4.78 is 0. The Morgan fingerprint density at radius 3 is 1.65 bits per heavy atom. The predicted molar refractivity (Wildman–Crippen MR) is 110 cm³/mol. The number of carbonyl (C=O) groups excluding carboxylic acids is 1. The van der Waals surface area contributed by atoms with Gasteiger partial charge in [-0.3, -0.25) is 4.79 Å². The van der Waals surface area contributed by atoms with E-state index in [2.05, 4.69) is 37.4 Å². The summed E-state index contributed by atoms with van der Waals surface area (Å²) in [5, 5.41) is 9.24. The minimum Gasteiger partial charge on any atom is -0.390 e. The second kappa shape index (κ2) is 26.0. The fourth-order valence-electron chi connectivity index (χ4n) is 1.39. The Hall–Kier alpha value is 0.978. The first-order valence-corrected chi connectivity index (χ1v) is 9.30. The Labute approximate surface area is 220 Å². The number of benzene rings is 2. The third-order valence-electron chi connectivity index (χ3n) is 2.49. The fourth-order valence-corrected chi connectivity index (χ4v) is 1.78.